The van der Waals surface area contributed by atoms with E-state index in [2.05, 4.69) is 12.2 Å². The van der Waals surface area contributed by atoms with Gasteiger partial charge in [0.05, 0.1) is 13.0 Å². The molecular weight excluding hydrogens is 261 g/mol. The van der Waals surface area contributed by atoms with Gasteiger partial charge < -0.3 is 10.1 Å². The van der Waals surface area contributed by atoms with Crippen LogP contribution in [0.5, 0.6) is 0 Å². The van der Waals surface area contributed by atoms with Gasteiger partial charge in [-0.3, -0.25) is 9.59 Å². The van der Waals surface area contributed by atoms with E-state index in [1.165, 1.54) is 18.2 Å². The van der Waals surface area contributed by atoms with Gasteiger partial charge in [0.1, 0.15) is 5.82 Å². The highest BCUT2D eigenvalue weighted by Crippen LogP contribution is 2.03. The summed E-state index contributed by atoms with van der Waals surface area (Å²) in [5.74, 6) is -1.20. The number of carbonyl (C=O) groups excluding carboxylic acids is 2. The zero-order valence-corrected chi connectivity index (χ0v) is 11.7. The molecule has 0 aliphatic carbocycles. The number of rotatable bonds is 8. The Hall–Kier alpha value is -1.91. The van der Waals surface area contributed by atoms with Crippen LogP contribution in [0.25, 0.3) is 0 Å². The molecule has 20 heavy (non-hydrogen) atoms. The summed E-state index contributed by atoms with van der Waals surface area (Å²) in [7, 11) is 0. The van der Waals surface area contributed by atoms with Crippen molar-refractivity contribution >= 4 is 11.9 Å². The van der Waals surface area contributed by atoms with E-state index in [1.807, 2.05) is 0 Å². The lowest BCUT2D eigenvalue weighted by molar-refractivity contribution is -0.143. The van der Waals surface area contributed by atoms with Gasteiger partial charge in [0.15, 0.2) is 0 Å². The largest absolute Gasteiger partial charge is 0.466 e. The standard InChI is InChI=1S/C15H20FNO3/c1-2-3-4-10-20-14(18)8-9-17-15(19)12-6-5-7-13(16)11-12/h5-7,11H,2-4,8-10H2,1H3,(H,17,19). The first-order valence-electron chi connectivity index (χ1n) is 6.83. The molecule has 0 aliphatic heterocycles. The SMILES string of the molecule is CCCCCOC(=O)CCNC(=O)c1cccc(F)c1. The summed E-state index contributed by atoms with van der Waals surface area (Å²) in [6.45, 7) is 2.68. The third kappa shape index (κ3) is 6.31. The van der Waals surface area contributed by atoms with Crippen molar-refractivity contribution in [2.24, 2.45) is 0 Å². The first kappa shape index (κ1) is 16.1. The third-order valence-corrected chi connectivity index (χ3v) is 2.71. The number of nitrogens with one attached hydrogen (secondary N) is 1. The van der Waals surface area contributed by atoms with E-state index in [0.717, 1.165) is 25.3 Å². The first-order valence-corrected chi connectivity index (χ1v) is 6.83. The smallest absolute Gasteiger partial charge is 0.307 e. The second-order valence-corrected chi connectivity index (χ2v) is 4.44. The molecule has 5 heteroatoms. The molecule has 1 aromatic rings. The van der Waals surface area contributed by atoms with Gasteiger partial charge in [-0.25, -0.2) is 4.39 Å². The molecule has 1 amide bonds. The fraction of sp³-hybridized carbons (Fsp3) is 0.467. The second kappa shape index (κ2) is 9.07. The predicted octanol–water partition coefficient (Wildman–Crippen LogP) is 2.68. The number of carbonyl (C=O) groups is 2. The van der Waals surface area contributed by atoms with Gasteiger partial charge in [-0.05, 0) is 24.6 Å². The van der Waals surface area contributed by atoms with Crippen molar-refractivity contribution in [1.82, 2.24) is 5.32 Å². The average Bonchev–Trinajstić information content (AvgIpc) is 2.43. The van der Waals surface area contributed by atoms with Gasteiger partial charge >= 0.3 is 5.97 Å². The fourth-order valence-electron chi connectivity index (χ4n) is 1.62. The van der Waals surface area contributed by atoms with Gasteiger partial charge in [0.2, 0.25) is 0 Å². The molecule has 0 aliphatic rings. The highest BCUT2D eigenvalue weighted by molar-refractivity contribution is 5.94. The van der Waals surface area contributed by atoms with E-state index < -0.39 is 11.7 Å². The Labute approximate surface area is 118 Å². The molecule has 0 heterocycles. The number of hydrogen-bond donors (Lipinski definition) is 1. The Balaban J connectivity index is 2.20. The van der Waals surface area contributed by atoms with Gasteiger partial charge in [0, 0.05) is 12.1 Å². The molecule has 0 bridgehead atoms. The maximum absolute atomic E-state index is 12.9. The number of amides is 1. The molecule has 4 nitrogen and oxygen atoms in total. The highest BCUT2D eigenvalue weighted by Gasteiger charge is 2.07. The predicted molar refractivity (Wildman–Crippen MR) is 73.8 cm³/mol. The van der Waals surface area contributed by atoms with Gasteiger partial charge in [0.25, 0.3) is 5.91 Å². The number of esters is 1. The number of hydrogen-bond acceptors (Lipinski definition) is 3. The van der Waals surface area contributed by atoms with Gasteiger partial charge in [-0.1, -0.05) is 25.8 Å². The van der Waals surface area contributed by atoms with Crippen LogP contribution in [0.4, 0.5) is 4.39 Å². The third-order valence-electron chi connectivity index (χ3n) is 2.71. The lowest BCUT2D eigenvalue weighted by atomic mass is 10.2. The summed E-state index contributed by atoms with van der Waals surface area (Å²) in [6, 6.07) is 5.40. The van der Waals surface area contributed by atoms with Gasteiger partial charge in [-0.15, -0.1) is 0 Å². The number of unbranched alkanes of at least 4 members (excludes halogenated alkanes) is 2. The molecule has 0 atom stereocenters. The molecule has 1 aromatic carbocycles. The molecule has 0 fully saturated rings. The minimum Gasteiger partial charge on any atom is -0.466 e. The molecule has 0 unspecified atom stereocenters. The molecule has 110 valence electrons. The van der Waals surface area contributed by atoms with E-state index in [0.29, 0.717) is 6.61 Å². The Bertz CT molecular complexity index is 448. The van der Waals surface area contributed by atoms with E-state index >= 15 is 0 Å². The van der Waals surface area contributed by atoms with Crippen LogP contribution >= 0.6 is 0 Å². The Morgan fingerprint density at radius 2 is 2.10 bits per heavy atom. The zero-order valence-electron chi connectivity index (χ0n) is 11.7. The number of halogens is 1. The molecule has 0 aromatic heterocycles. The van der Waals surface area contributed by atoms with Crippen LogP contribution in [0.1, 0.15) is 43.0 Å². The van der Waals surface area contributed by atoms with Crippen molar-refractivity contribution < 1.29 is 18.7 Å². The van der Waals surface area contributed by atoms with Crippen LogP contribution in [0.3, 0.4) is 0 Å². The van der Waals surface area contributed by atoms with Crippen molar-refractivity contribution in [3.63, 3.8) is 0 Å². The van der Waals surface area contributed by atoms with Crippen molar-refractivity contribution in [3.05, 3.63) is 35.6 Å². The van der Waals surface area contributed by atoms with Gasteiger partial charge in [-0.2, -0.15) is 0 Å². The molecule has 0 saturated carbocycles. The van der Waals surface area contributed by atoms with Crippen molar-refractivity contribution in [2.75, 3.05) is 13.2 Å². The zero-order chi connectivity index (χ0) is 14.8. The van der Waals surface area contributed by atoms with E-state index in [1.54, 1.807) is 0 Å². The maximum Gasteiger partial charge on any atom is 0.307 e. The molecule has 1 rings (SSSR count). The van der Waals surface area contributed by atoms with E-state index in [9.17, 15) is 14.0 Å². The van der Waals surface area contributed by atoms with Crippen LogP contribution in [-0.2, 0) is 9.53 Å². The Morgan fingerprint density at radius 3 is 2.80 bits per heavy atom. The first-order chi connectivity index (χ1) is 9.63. The lowest BCUT2D eigenvalue weighted by Gasteiger charge is -2.06. The molecule has 0 spiro atoms. The minimum absolute atomic E-state index is 0.118. The average molecular weight is 281 g/mol. The molecule has 0 radical (unpaired) electrons. The van der Waals surface area contributed by atoms with E-state index in [4.69, 9.17) is 4.74 Å². The van der Waals surface area contributed by atoms with Crippen molar-refractivity contribution in [1.29, 1.82) is 0 Å². The summed E-state index contributed by atoms with van der Waals surface area (Å²) < 4.78 is 17.9. The molecule has 0 saturated heterocycles. The lowest BCUT2D eigenvalue weighted by Crippen LogP contribution is -2.26. The van der Waals surface area contributed by atoms with Crippen molar-refractivity contribution in [3.8, 4) is 0 Å². The second-order valence-electron chi connectivity index (χ2n) is 4.44. The van der Waals surface area contributed by atoms with Crippen LogP contribution in [0.2, 0.25) is 0 Å². The quantitative estimate of drug-likeness (QED) is 0.589. The summed E-state index contributed by atoms with van der Waals surface area (Å²) >= 11 is 0. The summed E-state index contributed by atoms with van der Waals surface area (Å²) in [5.41, 5.74) is 0.237. The Kier molecular flexibility index (Phi) is 7.32. The van der Waals surface area contributed by atoms with Crippen LogP contribution in [-0.4, -0.2) is 25.0 Å². The fourth-order valence-corrected chi connectivity index (χ4v) is 1.62. The topological polar surface area (TPSA) is 55.4 Å². The van der Waals surface area contributed by atoms with E-state index in [-0.39, 0.29) is 24.5 Å². The number of benzene rings is 1. The maximum atomic E-state index is 12.9. The minimum atomic E-state index is -0.465. The van der Waals surface area contributed by atoms with Crippen LogP contribution < -0.4 is 5.32 Å². The summed E-state index contributed by atoms with van der Waals surface area (Å²) in [4.78, 5) is 23.0. The summed E-state index contributed by atoms with van der Waals surface area (Å²) in [5, 5.41) is 2.55. The monoisotopic (exact) mass is 281 g/mol. The van der Waals surface area contributed by atoms with Crippen molar-refractivity contribution in [2.45, 2.75) is 32.6 Å². The Morgan fingerprint density at radius 1 is 1.30 bits per heavy atom. The normalized spacial score (nSPS) is 10.1. The summed E-state index contributed by atoms with van der Waals surface area (Å²) in [6.07, 6.45) is 3.08. The molecule has 1 N–H and O–H groups in total. The number of ether oxygens (including phenoxy) is 1. The molecular formula is C15H20FNO3. The van der Waals surface area contributed by atoms with Crippen LogP contribution in [0.15, 0.2) is 24.3 Å². The highest BCUT2D eigenvalue weighted by atomic mass is 19.1. The van der Waals surface area contributed by atoms with Crippen LogP contribution in [0, 0.1) is 5.82 Å².